The second kappa shape index (κ2) is 8.22. The number of aromatic nitrogens is 3. The Morgan fingerprint density at radius 1 is 1.19 bits per heavy atom. The first kappa shape index (κ1) is 19.9. The van der Waals surface area contributed by atoms with Gasteiger partial charge in [0, 0.05) is 43.0 Å². The molecule has 0 spiro atoms. The molecule has 2 N–H and O–H groups in total. The maximum Gasteiger partial charge on any atom is 0.286 e. The fraction of sp³-hybridized carbons (Fsp3) is 0.250. The number of carbonyl (C=O) groups is 2. The molecule has 5 rings (SSSR count). The van der Waals surface area contributed by atoms with Gasteiger partial charge in [0.25, 0.3) is 11.8 Å². The van der Waals surface area contributed by atoms with Crippen LogP contribution in [0.2, 0.25) is 5.02 Å². The Hall–Kier alpha value is -3.08. The van der Waals surface area contributed by atoms with Gasteiger partial charge in [-0.1, -0.05) is 22.9 Å². The van der Waals surface area contributed by atoms with Crippen LogP contribution < -0.4 is 20.4 Å². The highest BCUT2D eigenvalue weighted by Gasteiger charge is 2.31. The van der Waals surface area contributed by atoms with Gasteiger partial charge in [-0.2, -0.15) is 0 Å². The second-order valence-electron chi connectivity index (χ2n) is 7.17. The number of piperazine rings is 1. The molecule has 0 aliphatic carbocycles. The third kappa shape index (κ3) is 3.85. The average Bonchev–Trinajstić information content (AvgIpc) is 3.39. The van der Waals surface area contributed by atoms with E-state index in [0.29, 0.717) is 27.9 Å². The molecule has 2 aliphatic rings. The minimum atomic E-state index is -0.389. The Morgan fingerprint density at radius 3 is 2.87 bits per heavy atom. The Morgan fingerprint density at radius 2 is 2.03 bits per heavy atom. The molecule has 11 heteroatoms. The molecule has 2 amide bonds. The SMILES string of the molecule is O=C(Nc1cnccc1N1CCNCC1)c1nnc(N2Cc3cc(Cl)ccc3C2=O)s1. The number of rotatable bonds is 4. The molecule has 9 nitrogen and oxygen atoms in total. The summed E-state index contributed by atoms with van der Waals surface area (Å²) in [6.07, 6.45) is 3.33. The number of hydrogen-bond donors (Lipinski definition) is 2. The summed E-state index contributed by atoms with van der Waals surface area (Å²) in [5.74, 6) is -0.566. The number of nitrogens with zero attached hydrogens (tertiary/aromatic N) is 5. The quantitative estimate of drug-likeness (QED) is 0.622. The van der Waals surface area contributed by atoms with Gasteiger partial charge < -0.3 is 15.5 Å². The third-order valence-electron chi connectivity index (χ3n) is 5.21. The van der Waals surface area contributed by atoms with Gasteiger partial charge in [-0.05, 0) is 29.8 Å². The van der Waals surface area contributed by atoms with Crippen LogP contribution in [0.3, 0.4) is 0 Å². The van der Waals surface area contributed by atoms with Crippen LogP contribution in [0.25, 0.3) is 0 Å². The molecule has 1 saturated heterocycles. The van der Waals surface area contributed by atoms with Crippen LogP contribution in [0.5, 0.6) is 0 Å². The summed E-state index contributed by atoms with van der Waals surface area (Å²) in [7, 11) is 0. The van der Waals surface area contributed by atoms with Crippen molar-refractivity contribution in [2.45, 2.75) is 6.54 Å². The van der Waals surface area contributed by atoms with Crippen LogP contribution in [0.4, 0.5) is 16.5 Å². The molecule has 0 unspecified atom stereocenters. The molecule has 31 heavy (non-hydrogen) atoms. The Balaban J connectivity index is 1.33. The van der Waals surface area contributed by atoms with Crippen molar-refractivity contribution in [3.8, 4) is 0 Å². The van der Waals surface area contributed by atoms with Crippen molar-refractivity contribution in [2.75, 3.05) is 41.3 Å². The molecular weight excluding hydrogens is 438 g/mol. The Bertz CT molecular complexity index is 1160. The van der Waals surface area contributed by atoms with E-state index < -0.39 is 0 Å². The van der Waals surface area contributed by atoms with Crippen LogP contribution in [-0.2, 0) is 6.54 Å². The molecule has 0 bridgehead atoms. The number of benzene rings is 1. The summed E-state index contributed by atoms with van der Waals surface area (Å²) in [5, 5.41) is 15.4. The zero-order valence-corrected chi connectivity index (χ0v) is 17.9. The van der Waals surface area contributed by atoms with E-state index in [0.717, 1.165) is 48.8 Å². The molecule has 158 valence electrons. The summed E-state index contributed by atoms with van der Waals surface area (Å²) in [5.41, 5.74) is 2.94. The van der Waals surface area contributed by atoms with E-state index in [1.165, 1.54) is 4.90 Å². The number of nitrogens with one attached hydrogen (secondary N) is 2. The van der Waals surface area contributed by atoms with Gasteiger partial charge in [-0.25, -0.2) is 0 Å². The maximum absolute atomic E-state index is 12.8. The van der Waals surface area contributed by atoms with Crippen molar-refractivity contribution in [3.05, 3.63) is 57.8 Å². The number of hydrogen-bond acceptors (Lipinski definition) is 8. The highest BCUT2D eigenvalue weighted by molar-refractivity contribution is 7.17. The second-order valence-corrected chi connectivity index (χ2v) is 8.56. The zero-order valence-electron chi connectivity index (χ0n) is 16.3. The molecule has 2 aromatic heterocycles. The van der Waals surface area contributed by atoms with Crippen molar-refractivity contribution in [1.82, 2.24) is 20.5 Å². The molecule has 0 saturated carbocycles. The summed E-state index contributed by atoms with van der Waals surface area (Å²) in [4.78, 5) is 33.4. The lowest BCUT2D eigenvalue weighted by Crippen LogP contribution is -2.43. The first-order valence-corrected chi connectivity index (χ1v) is 10.9. The lowest BCUT2D eigenvalue weighted by molar-refractivity contribution is 0.0994. The number of fused-ring (bicyclic) bond motifs is 1. The van der Waals surface area contributed by atoms with Crippen LogP contribution in [0, 0.1) is 0 Å². The fourth-order valence-corrected chi connectivity index (χ4v) is 4.63. The molecule has 1 aromatic carbocycles. The van der Waals surface area contributed by atoms with Gasteiger partial charge in [-0.3, -0.25) is 19.5 Å². The normalized spacial score (nSPS) is 15.8. The maximum atomic E-state index is 12.8. The first-order chi connectivity index (χ1) is 15.1. The van der Waals surface area contributed by atoms with Crippen molar-refractivity contribution in [3.63, 3.8) is 0 Å². The van der Waals surface area contributed by atoms with Crippen LogP contribution in [0.1, 0.15) is 25.7 Å². The van der Waals surface area contributed by atoms with E-state index >= 15 is 0 Å². The van der Waals surface area contributed by atoms with Gasteiger partial charge >= 0.3 is 0 Å². The van der Waals surface area contributed by atoms with Crippen molar-refractivity contribution >= 4 is 51.3 Å². The average molecular weight is 456 g/mol. The van der Waals surface area contributed by atoms with Crippen LogP contribution >= 0.6 is 22.9 Å². The number of pyridine rings is 1. The van der Waals surface area contributed by atoms with E-state index in [1.54, 1.807) is 30.6 Å². The van der Waals surface area contributed by atoms with E-state index in [9.17, 15) is 9.59 Å². The van der Waals surface area contributed by atoms with E-state index in [1.807, 2.05) is 6.07 Å². The molecule has 4 heterocycles. The standard InChI is InChI=1S/C20H18ClN7O2S/c21-13-1-2-14-12(9-13)11-28(19(14)30)20-26-25-18(31-20)17(29)24-15-10-23-4-3-16(15)27-7-5-22-6-8-27/h1-4,9-10,22H,5-8,11H2,(H,24,29). The molecule has 0 atom stereocenters. The molecular formula is C20H18ClN7O2S. The summed E-state index contributed by atoms with van der Waals surface area (Å²) in [6.45, 7) is 3.80. The lowest BCUT2D eigenvalue weighted by atomic mass is 10.1. The predicted octanol–water partition coefficient (Wildman–Crippen LogP) is 2.41. The Labute approximate surface area is 187 Å². The summed E-state index contributed by atoms with van der Waals surface area (Å²) < 4.78 is 0. The molecule has 0 radical (unpaired) electrons. The largest absolute Gasteiger partial charge is 0.367 e. The first-order valence-electron chi connectivity index (χ1n) is 9.75. The molecule has 3 aromatic rings. The molecule has 2 aliphatic heterocycles. The smallest absolute Gasteiger partial charge is 0.286 e. The zero-order chi connectivity index (χ0) is 21.4. The minimum absolute atomic E-state index is 0.173. The highest BCUT2D eigenvalue weighted by atomic mass is 35.5. The van der Waals surface area contributed by atoms with Gasteiger partial charge in [-0.15, -0.1) is 10.2 Å². The van der Waals surface area contributed by atoms with Crippen molar-refractivity contribution < 1.29 is 9.59 Å². The Kier molecular flexibility index (Phi) is 5.26. The number of halogens is 1. The van der Waals surface area contributed by atoms with Gasteiger partial charge in [0.15, 0.2) is 0 Å². The topological polar surface area (TPSA) is 103 Å². The minimum Gasteiger partial charge on any atom is -0.367 e. The summed E-state index contributed by atoms with van der Waals surface area (Å²) in [6, 6.07) is 7.04. The monoisotopic (exact) mass is 455 g/mol. The third-order valence-corrected chi connectivity index (χ3v) is 6.39. The highest BCUT2D eigenvalue weighted by Crippen LogP contribution is 2.32. The van der Waals surface area contributed by atoms with Crippen LogP contribution in [-0.4, -0.2) is 53.2 Å². The van der Waals surface area contributed by atoms with E-state index in [2.05, 4.69) is 30.7 Å². The van der Waals surface area contributed by atoms with Crippen molar-refractivity contribution in [1.29, 1.82) is 0 Å². The fourth-order valence-electron chi connectivity index (χ4n) is 3.70. The number of carbonyl (C=O) groups excluding carboxylic acids is 2. The lowest BCUT2D eigenvalue weighted by Gasteiger charge is -2.30. The van der Waals surface area contributed by atoms with Crippen molar-refractivity contribution in [2.24, 2.45) is 0 Å². The van der Waals surface area contributed by atoms with Crippen LogP contribution in [0.15, 0.2) is 36.7 Å². The number of amides is 2. The van der Waals surface area contributed by atoms with Gasteiger partial charge in [0.1, 0.15) is 0 Å². The summed E-state index contributed by atoms with van der Waals surface area (Å²) >= 11 is 7.11. The molecule has 1 fully saturated rings. The van der Waals surface area contributed by atoms with E-state index in [-0.39, 0.29) is 16.8 Å². The predicted molar refractivity (Wildman–Crippen MR) is 119 cm³/mol. The number of anilines is 3. The van der Waals surface area contributed by atoms with E-state index in [4.69, 9.17) is 11.6 Å². The van der Waals surface area contributed by atoms with Gasteiger partial charge in [0.05, 0.1) is 24.1 Å². The van der Waals surface area contributed by atoms with Gasteiger partial charge in [0.2, 0.25) is 10.1 Å².